The summed E-state index contributed by atoms with van der Waals surface area (Å²) in [5.41, 5.74) is 7.08. The van der Waals surface area contributed by atoms with Crippen LogP contribution in [0.3, 0.4) is 0 Å². The number of unbranched alkanes of at least 4 members (excludes halogenated alkanes) is 21. The lowest BCUT2D eigenvalue weighted by Gasteiger charge is -2.15. The smallest absolute Gasteiger partial charge is 0.0416 e. The van der Waals surface area contributed by atoms with Crippen molar-refractivity contribution in [2.75, 3.05) is 5.32 Å². The summed E-state index contributed by atoms with van der Waals surface area (Å²) < 4.78 is 0. The van der Waals surface area contributed by atoms with Crippen LogP contribution in [0.2, 0.25) is 0 Å². The highest BCUT2D eigenvalue weighted by Crippen LogP contribution is 2.26. The van der Waals surface area contributed by atoms with E-state index in [-0.39, 0.29) is 0 Å². The van der Waals surface area contributed by atoms with Crippen LogP contribution in [0.4, 0.5) is 11.4 Å². The summed E-state index contributed by atoms with van der Waals surface area (Å²) in [4.78, 5) is 0. The van der Waals surface area contributed by atoms with Crippen molar-refractivity contribution in [2.45, 2.75) is 194 Å². The van der Waals surface area contributed by atoms with Crippen molar-refractivity contribution >= 4 is 11.4 Å². The molecular formula is C42H71N. The lowest BCUT2D eigenvalue weighted by molar-refractivity contribution is 0.574. The highest BCUT2D eigenvalue weighted by atomic mass is 14.9. The summed E-state index contributed by atoms with van der Waals surface area (Å²) in [7, 11) is 0. The quantitative estimate of drug-likeness (QED) is 0.0931. The van der Waals surface area contributed by atoms with Crippen molar-refractivity contribution in [2.24, 2.45) is 0 Å². The van der Waals surface area contributed by atoms with Crippen molar-refractivity contribution in [3.05, 3.63) is 59.2 Å². The van der Waals surface area contributed by atoms with E-state index in [1.165, 1.54) is 201 Å². The molecule has 2 aromatic rings. The molecule has 2 aromatic carbocycles. The van der Waals surface area contributed by atoms with Crippen molar-refractivity contribution in [1.29, 1.82) is 0 Å². The maximum Gasteiger partial charge on any atom is 0.0416 e. The molecule has 244 valence electrons. The fraction of sp³-hybridized carbons (Fsp3) is 0.714. The van der Waals surface area contributed by atoms with Crippen LogP contribution in [0.15, 0.2) is 42.5 Å². The first-order valence-corrected chi connectivity index (χ1v) is 19.2. The van der Waals surface area contributed by atoms with Gasteiger partial charge in [0.25, 0.3) is 0 Å². The average molecular weight is 590 g/mol. The number of anilines is 2. The Morgan fingerprint density at radius 3 is 1.21 bits per heavy atom. The van der Waals surface area contributed by atoms with Gasteiger partial charge in [0.2, 0.25) is 0 Å². The van der Waals surface area contributed by atoms with Crippen LogP contribution < -0.4 is 5.32 Å². The molecule has 0 unspecified atom stereocenters. The fourth-order valence-corrected chi connectivity index (χ4v) is 6.42. The van der Waals surface area contributed by atoms with E-state index in [0.29, 0.717) is 0 Å². The van der Waals surface area contributed by atoms with Crippen molar-refractivity contribution in [3.63, 3.8) is 0 Å². The van der Waals surface area contributed by atoms with Gasteiger partial charge in [-0.05, 0) is 73.4 Å². The summed E-state index contributed by atoms with van der Waals surface area (Å²) in [6.07, 6.45) is 37.0. The lowest BCUT2D eigenvalue weighted by atomic mass is 9.98. The summed E-state index contributed by atoms with van der Waals surface area (Å²) in [6, 6.07) is 16.6. The van der Waals surface area contributed by atoms with Gasteiger partial charge in [0, 0.05) is 11.4 Å². The minimum atomic E-state index is 1.19. The second-order valence-corrected chi connectivity index (χ2v) is 13.5. The highest BCUT2D eigenvalue weighted by Gasteiger charge is 2.07. The zero-order valence-corrected chi connectivity index (χ0v) is 29.1. The fourth-order valence-electron chi connectivity index (χ4n) is 6.42. The largest absolute Gasteiger partial charge is 0.355 e. The number of rotatable bonds is 29. The van der Waals surface area contributed by atoms with Gasteiger partial charge in [-0.3, -0.25) is 0 Å². The van der Waals surface area contributed by atoms with Crippen LogP contribution in [-0.4, -0.2) is 0 Å². The Kier molecular flexibility index (Phi) is 23.2. The molecule has 0 spiro atoms. The zero-order chi connectivity index (χ0) is 30.6. The minimum Gasteiger partial charge on any atom is -0.355 e. The van der Waals surface area contributed by atoms with Crippen LogP contribution in [0.1, 0.15) is 192 Å². The van der Waals surface area contributed by atoms with E-state index >= 15 is 0 Å². The predicted molar refractivity (Wildman–Crippen MR) is 195 cm³/mol. The summed E-state index contributed by atoms with van der Waals surface area (Å²) in [5.74, 6) is 0. The third kappa shape index (κ3) is 19.3. The molecule has 1 nitrogen and oxygen atoms in total. The normalized spacial score (nSPS) is 11.3. The molecule has 0 aliphatic heterocycles. The molecule has 43 heavy (non-hydrogen) atoms. The number of nitrogens with one attached hydrogen (secondary N) is 1. The molecule has 0 bridgehead atoms. The van der Waals surface area contributed by atoms with Gasteiger partial charge in [0.15, 0.2) is 0 Å². The highest BCUT2D eigenvalue weighted by molar-refractivity contribution is 5.64. The molecule has 1 heteroatoms. The van der Waals surface area contributed by atoms with E-state index in [4.69, 9.17) is 0 Å². The Labute approximate surface area is 269 Å². The van der Waals surface area contributed by atoms with Crippen LogP contribution in [0, 0.1) is 0 Å². The number of hydrogen-bond donors (Lipinski definition) is 1. The molecule has 0 heterocycles. The molecule has 0 amide bonds. The summed E-state index contributed by atoms with van der Waals surface area (Å²) in [6.45, 7) is 6.91. The van der Waals surface area contributed by atoms with Gasteiger partial charge in [-0.1, -0.05) is 180 Å². The van der Waals surface area contributed by atoms with Gasteiger partial charge in [0.1, 0.15) is 0 Å². The predicted octanol–water partition coefficient (Wildman–Crippen LogP) is 14.5. The number of aryl methyl sites for hydroxylation is 3. The Morgan fingerprint density at radius 2 is 0.744 bits per heavy atom. The Balaban J connectivity index is 1.83. The van der Waals surface area contributed by atoms with Gasteiger partial charge >= 0.3 is 0 Å². The summed E-state index contributed by atoms with van der Waals surface area (Å²) >= 11 is 0. The standard InChI is InChI=1S/C42H71N/c1-4-7-10-13-16-19-22-25-28-38-31-34-41(35-32-38)43-42-36-33-39(29-26-23-20-17-14-11-8-5-2)37-40(42)30-27-24-21-18-15-12-9-6-3/h31-37,43H,4-30H2,1-3H3. The van der Waals surface area contributed by atoms with E-state index in [9.17, 15) is 0 Å². The average Bonchev–Trinajstić information content (AvgIpc) is 3.03. The Bertz CT molecular complexity index is 882. The minimum absolute atomic E-state index is 1.19. The first-order chi connectivity index (χ1) is 21.3. The molecule has 0 atom stereocenters. The van der Waals surface area contributed by atoms with Gasteiger partial charge in [-0.15, -0.1) is 0 Å². The number of hydrogen-bond acceptors (Lipinski definition) is 1. The number of benzene rings is 2. The van der Waals surface area contributed by atoms with Crippen LogP contribution in [0.25, 0.3) is 0 Å². The molecule has 2 rings (SSSR count). The second-order valence-electron chi connectivity index (χ2n) is 13.5. The summed E-state index contributed by atoms with van der Waals surface area (Å²) in [5, 5.41) is 3.80. The van der Waals surface area contributed by atoms with E-state index in [2.05, 4.69) is 68.6 Å². The molecule has 1 N–H and O–H groups in total. The van der Waals surface area contributed by atoms with Crippen molar-refractivity contribution in [3.8, 4) is 0 Å². The molecule has 0 aliphatic rings. The van der Waals surface area contributed by atoms with Crippen LogP contribution in [-0.2, 0) is 19.3 Å². The first kappa shape index (κ1) is 37.4. The zero-order valence-electron chi connectivity index (χ0n) is 29.1. The molecule has 0 fully saturated rings. The van der Waals surface area contributed by atoms with E-state index < -0.39 is 0 Å². The molecule has 0 saturated heterocycles. The third-order valence-electron chi connectivity index (χ3n) is 9.34. The van der Waals surface area contributed by atoms with Gasteiger partial charge in [-0.2, -0.15) is 0 Å². The second kappa shape index (κ2) is 26.6. The van der Waals surface area contributed by atoms with Gasteiger partial charge < -0.3 is 5.32 Å². The van der Waals surface area contributed by atoms with Crippen LogP contribution in [0.5, 0.6) is 0 Å². The van der Waals surface area contributed by atoms with E-state index in [0.717, 1.165) is 0 Å². The van der Waals surface area contributed by atoms with E-state index in [1.54, 1.807) is 0 Å². The Hall–Kier alpha value is -1.76. The molecule has 0 aliphatic carbocycles. The molecule has 0 radical (unpaired) electrons. The Morgan fingerprint density at radius 1 is 0.372 bits per heavy atom. The molecule has 0 aromatic heterocycles. The van der Waals surface area contributed by atoms with Gasteiger partial charge in [0.05, 0.1) is 0 Å². The molecular weight excluding hydrogens is 518 g/mol. The lowest BCUT2D eigenvalue weighted by Crippen LogP contribution is -1.99. The van der Waals surface area contributed by atoms with Crippen molar-refractivity contribution < 1.29 is 0 Å². The monoisotopic (exact) mass is 590 g/mol. The van der Waals surface area contributed by atoms with Crippen molar-refractivity contribution in [1.82, 2.24) is 0 Å². The maximum atomic E-state index is 3.80. The first-order valence-electron chi connectivity index (χ1n) is 19.2. The maximum absolute atomic E-state index is 3.80. The SMILES string of the molecule is CCCCCCCCCCc1ccc(Nc2ccc(CCCCCCCCCC)cc2CCCCCCCCCC)cc1. The topological polar surface area (TPSA) is 12.0 Å². The molecule has 0 saturated carbocycles. The van der Waals surface area contributed by atoms with Gasteiger partial charge in [-0.25, -0.2) is 0 Å². The van der Waals surface area contributed by atoms with Crippen LogP contribution >= 0.6 is 0 Å². The third-order valence-corrected chi connectivity index (χ3v) is 9.34. The van der Waals surface area contributed by atoms with E-state index in [1.807, 2.05) is 0 Å².